The van der Waals surface area contributed by atoms with Gasteiger partial charge < -0.3 is 10.4 Å². The molecule has 118 valence electrons. The molecule has 2 N–H and O–H groups in total. The van der Waals surface area contributed by atoms with Crippen molar-refractivity contribution < 1.29 is 18.3 Å². The van der Waals surface area contributed by atoms with Gasteiger partial charge in [-0.25, -0.2) is 8.42 Å². The number of sulfone groups is 1. The molecule has 0 aromatic heterocycles. The summed E-state index contributed by atoms with van der Waals surface area (Å²) in [6.45, 7) is 8.27. The van der Waals surface area contributed by atoms with Gasteiger partial charge in [-0.3, -0.25) is 9.69 Å². The number of carbonyl (C=O) groups excluding carboxylic acids is 1. The van der Waals surface area contributed by atoms with Crippen molar-refractivity contribution in [2.75, 3.05) is 31.1 Å². The standard InChI is InChI=1S/C13H26N2O4S/c1-5-15(9-12(2,3)17)8-11(16)14-13(4)6-7-20(18,19)10-13/h17H,5-10H2,1-4H3,(H,14,16). The van der Waals surface area contributed by atoms with E-state index in [9.17, 15) is 18.3 Å². The zero-order chi connectivity index (χ0) is 15.6. The highest BCUT2D eigenvalue weighted by Gasteiger charge is 2.39. The quantitative estimate of drug-likeness (QED) is 0.708. The Balaban J connectivity index is 2.55. The molecule has 1 saturated heterocycles. The van der Waals surface area contributed by atoms with Gasteiger partial charge in [0.05, 0.1) is 29.2 Å². The van der Waals surface area contributed by atoms with Gasteiger partial charge in [0.15, 0.2) is 9.84 Å². The van der Waals surface area contributed by atoms with Crippen molar-refractivity contribution in [3.63, 3.8) is 0 Å². The average molecular weight is 306 g/mol. The largest absolute Gasteiger partial charge is 0.389 e. The van der Waals surface area contributed by atoms with Crippen molar-refractivity contribution in [3.05, 3.63) is 0 Å². The predicted octanol–water partition coefficient (Wildman–Crippen LogP) is -0.227. The van der Waals surface area contributed by atoms with Crippen molar-refractivity contribution in [2.24, 2.45) is 0 Å². The number of hydrogen-bond acceptors (Lipinski definition) is 5. The SMILES string of the molecule is CCN(CC(=O)NC1(C)CCS(=O)(=O)C1)CC(C)(C)O. The molecule has 1 amide bonds. The van der Waals surface area contributed by atoms with Gasteiger partial charge in [0.25, 0.3) is 0 Å². The third-order valence-electron chi connectivity index (χ3n) is 3.37. The number of aliphatic hydroxyl groups is 1. The van der Waals surface area contributed by atoms with Gasteiger partial charge in [-0.15, -0.1) is 0 Å². The van der Waals surface area contributed by atoms with Crippen molar-refractivity contribution in [2.45, 2.75) is 45.3 Å². The topological polar surface area (TPSA) is 86.7 Å². The fourth-order valence-electron chi connectivity index (χ4n) is 2.51. The van der Waals surface area contributed by atoms with Crippen molar-refractivity contribution in [3.8, 4) is 0 Å². The molecule has 0 saturated carbocycles. The number of amides is 1. The fraction of sp³-hybridized carbons (Fsp3) is 0.923. The lowest BCUT2D eigenvalue weighted by Crippen LogP contribution is -2.51. The second-order valence-corrected chi connectivity index (χ2v) is 8.75. The second-order valence-electron chi connectivity index (χ2n) is 6.57. The minimum absolute atomic E-state index is 0.00333. The molecular formula is C13H26N2O4S. The number of carbonyl (C=O) groups is 1. The summed E-state index contributed by atoms with van der Waals surface area (Å²) >= 11 is 0. The van der Waals surface area contributed by atoms with Gasteiger partial charge in [0.1, 0.15) is 0 Å². The second kappa shape index (κ2) is 5.99. The third kappa shape index (κ3) is 5.76. The molecule has 1 atom stereocenters. The van der Waals surface area contributed by atoms with E-state index in [0.29, 0.717) is 19.5 Å². The molecule has 20 heavy (non-hydrogen) atoms. The molecule has 0 aliphatic carbocycles. The Labute approximate surface area is 121 Å². The molecule has 0 aromatic carbocycles. The lowest BCUT2D eigenvalue weighted by Gasteiger charge is -2.29. The average Bonchev–Trinajstić information content (AvgIpc) is 2.49. The van der Waals surface area contributed by atoms with E-state index in [1.807, 2.05) is 11.8 Å². The Morgan fingerprint density at radius 1 is 1.45 bits per heavy atom. The smallest absolute Gasteiger partial charge is 0.234 e. The molecule has 1 aliphatic rings. The lowest BCUT2D eigenvalue weighted by molar-refractivity contribution is -0.124. The van der Waals surface area contributed by atoms with E-state index < -0.39 is 21.0 Å². The molecule has 1 rings (SSSR count). The van der Waals surface area contributed by atoms with Crippen LogP contribution in [0, 0.1) is 0 Å². The van der Waals surface area contributed by atoms with Gasteiger partial charge >= 0.3 is 0 Å². The van der Waals surface area contributed by atoms with Gasteiger partial charge in [-0.2, -0.15) is 0 Å². The zero-order valence-corrected chi connectivity index (χ0v) is 13.6. The Morgan fingerprint density at radius 3 is 2.45 bits per heavy atom. The van der Waals surface area contributed by atoms with Crippen LogP contribution in [0.5, 0.6) is 0 Å². The van der Waals surface area contributed by atoms with Crippen LogP contribution < -0.4 is 5.32 Å². The summed E-state index contributed by atoms with van der Waals surface area (Å²) in [4.78, 5) is 13.9. The van der Waals surface area contributed by atoms with Crippen LogP contribution in [0.15, 0.2) is 0 Å². The fourth-order valence-corrected chi connectivity index (χ4v) is 4.61. The minimum atomic E-state index is -3.03. The van der Waals surface area contributed by atoms with Gasteiger partial charge in [0.2, 0.25) is 5.91 Å². The van der Waals surface area contributed by atoms with Crippen LogP contribution in [0.1, 0.15) is 34.1 Å². The Hall–Kier alpha value is -0.660. The van der Waals surface area contributed by atoms with Crippen LogP contribution in [0.25, 0.3) is 0 Å². The van der Waals surface area contributed by atoms with Crippen LogP contribution in [0.2, 0.25) is 0 Å². The highest BCUT2D eigenvalue weighted by molar-refractivity contribution is 7.91. The van der Waals surface area contributed by atoms with Crippen LogP contribution >= 0.6 is 0 Å². The van der Waals surface area contributed by atoms with Gasteiger partial charge in [0, 0.05) is 6.54 Å². The molecule has 6 nitrogen and oxygen atoms in total. The normalized spacial score (nSPS) is 25.9. The summed E-state index contributed by atoms with van der Waals surface area (Å²) in [5, 5.41) is 12.6. The van der Waals surface area contributed by atoms with E-state index in [4.69, 9.17) is 0 Å². The van der Waals surface area contributed by atoms with Crippen molar-refractivity contribution in [1.82, 2.24) is 10.2 Å². The number of nitrogens with one attached hydrogen (secondary N) is 1. The molecule has 0 spiro atoms. The van der Waals surface area contributed by atoms with Crippen molar-refractivity contribution >= 4 is 15.7 Å². The van der Waals surface area contributed by atoms with Crippen LogP contribution in [-0.4, -0.2) is 66.6 Å². The lowest BCUT2D eigenvalue weighted by atomic mass is 10.0. The Kier molecular flexibility index (Phi) is 5.21. The molecule has 0 aromatic rings. The summed E-state index contributed by atoms with van der Waals surface area (Å²) in [6, 6.07) is 0. The van der Waals surface area contributed by atoms with E-state index in [-0.39, 0.29) is 24.0 Å². The van der Waals surface area contributed by atoms with Gasteiger partial charge in [-0.05, 0) is 33.7 Å². The monoisotopic (exact) mass is 306 g/mol. The predicted molar refractivity (Wildman–Crippen MR) is 78.2 cm³/mol. The molecule has 1 unspecified atom stereocenters. The maximum atomic E-state index is 12.0. The minimum Gasteiger partial charge on any atom is -0.389 e. The van der Waals surface area contributed by atoms with E-state index >= 15 is 0 Å². The number of nitrogens with zero attached hydrogens (tertiary/aromatic N) is 1. The third-order valence-corrected chi connectivity index (χ3v) is 5.27. The van der Waals surface area contributed by atoms with E-state index in [1.54, 1.807) is 20.8 Å². The number of hydrogen-bond donors (Lipinski definition) is 2. The molecule has 1 heterocycles. The molecule has 1 fully saturated rings. The maximum Gasteiger partial charge on any atom is 0.234 e. The van der Waals surface area contributed by atoms with Gasteiger partial charge in [-0.1, -0.05) is 6.92 Å². The molecule has 0 bridgehead atoms. The van der Waals surface area contributed by atoms with E-state index in [1.165, 1.54) is 0 Å². The van der Waals surface area contributed by atoms with Crippen LogP contribution in [0.3, 0.4) is 0 Å². The number of rotatable bonds is 6. The summed E-state index contributed by atoms with van der Waals surface area (Å²) in [6.07, 6.45) is 0.457. The van der Waals surface area contributed by atoms with E-state index in [2.05, 4.69) is 5.32 Å². The number of likely N-dealkylation sites (N-methyl/N-ethyl adjacent to an activating group) is 1. The molecule has 1 aliphatic heterocycles. The summed E-state index contributed by atoms with van der Waals surface area (Å²) in [5.41, 5.74) is -1.53. The Bertz CT molecular complexity index is 455. The highest BCUT2D eigenvalue weighted by Crippen LogP contribution is 2.22. The van der Waals surface area contributed by atoms with Crippen molar-refractivity contribution in [1.29, 1.82) is 0 Å². The summed E-state index contributed by atoms with van der Waals surface area (Å²) < 4.78 is 23.0. The molecule has 7 heteroatoms. The summed E-state index contributed by atoms with van der Waals surface area (Å²) in [5.74, 6) is -0.0652. The van der Waals surface area contributed by atoms with Crippen LogP contribution in [-0.2, 0) is 14.6 Å². The van der Waals surface area contributed by atoms with E-state index in [0.717, 1.165) is 0 Å². The summed E-state index contributed by atoms with van der Waals surface area (Å²) in [7, 11) is -3.03. The first-order valence-electron chi connectivity index (χ1n) is 6.91. The maximum absolute atomic E-state index is 12.0. The molecule has 0 radical (unpaired) electrons. The first-order chi connectivity index (χ1) is 8.95. The highest BCUT2D eigenvalue weighted by atomic mass is 32.2. The molecular weight excluding hydrogens is 280 g/mol. The first kappa shape index (κ1) is 17.4. The van der Waals surface area contributed by atoms with Crippen LogP contribution in [0.4, 0.5) is 0 Å². The zero-order valence-electron chi connectivity index (χ0n) is 12.8. The Morgan fingerprint density at radius 2 is 2.05 bits per heavy atom. The first-order valence-corrected chi connectivity index (χ1v) is 8.73.